The standard InChI is InChI=1S/C10H13NO3/c1-7-3-2-4-8(5-7)10(11,6-12)9(13)14/h2-5,12H,6,11H2,1H3,(H,13,14)/t10-/m0/s1. The molecule has 0 unspecified atom stereocenters. The predicted octanol–water partition coefficient (Wildman–Crippen LogP) is 0.226. The number of aliphatic hydroxyl groups excluding tert-OH is 1. The Labute approximate surface area is 82.0 Å². The lowest BCUT2D eigenvalue weighted by atomic mass is 9.91. The summed E-state index contributed by atoms with van der Waals surface area (Å²) in [6, 6.07) is 6.80. The Morgan fingerprint density at radius 3 is 2.64 bits per heavy atom. The van der Waals surface area contributed by atoms with Crippen molar-refractivity contribution in [1.29, 1.82) is 0 Å². The smallest absolute Gasteiger partial charge is 0.330 e. The van der Waals surface area contributed by atoms with Gasteiger partial charge in [0.1, 0.15) is 0 Å². The van der Waals surface area contributed by atoms with Crippen LogP contribution >= 0.6 is 0 Å². The van der Waals surface area contributed by atoms with Gasteiger partial charge >= 0.3 is 5.97 Å². The van der Waals surface area contributed by atoms with Crippen LogP contribution in [-0.2, 0) is 10.3 Å². The Kier molecular flexibility index (Phi) is 2.88. The number of nitrogens with two attached hydrogens (primary N) is 1. The summed E-state index contributed by atoms with van der Waals surface area (Å²) in [4.78, 5) is 10.9. The summed E-state index contributed by atoms with van der Waals surface area (Å²) in [5.41, 5.74) is 5.20. The number of aryl methyl sites for hydroxylation is 1. The molecular weight excluding hydrogens is 182 g/mol. The minimum absolute atomic E-state index is 0.410. The largest absolute Gasteiger partial charge is 0.480 e. The number of hydrogen-bond donors (Lipinski definition) is 3. The highest BCUT2D eigenvalue weighted by Gasteiger charge is 2.35. The van der Waals surface area contributed by atoms with Crippen LogP contribution in [0.3, 0.4) is 0 Å². The van der Waals surface area contributed by atoms with E-state index in [1.165, 1.54) is 0 Å². The van der Waals surface area contributed by atoms with Crippen molar-refractivity contribution in [2.24, 2.45) is 5.73 Å². The molecule has 4 nitrogen and oxygen atoms in total. The van der Waals surface area contributed by atoms with E-state index in [0.29, 0.717) is 5.56 Å². The maximum Gasteiger partial charge on any atom is 0.330 e. The number of benzene rings is 1. The third-order valence-corrected chi connectivity index (χ3v) is 2.16. The molecule has 0 amide bonds. The summed E-state index contributed by atoms with van der Waals surface area (Å²) in [5.74, 6) is -1.23. The zero-order valence-electron chi connectivity index (χ0n) is 7.90. The number of rotatable bonds is 3. The molecule has 0 aliphatic heterocycles. The van der Waals surface area contributed by atoms with E-state index >= 15 is 0 Å². The number of aliphatic hydroxyl groups is 1. The van der Waals surface area contributed by atoms with Crippen LogP contribution in [0.2, 0.25) is 0 Å². The second-order valence-corrected chi connectivity index (χ2v) is 3.30. The van der Waals surface area contributed by atoms with E-state index in [1.807, 2.05) is 13.0 Å². The predicted molar refractivity (Wildman–Crippen MR) is 51.8 cm³/mol. The van der Waals surface area contributed by atoms with Crippen molar-refractivity contribution < 1.29 is 15.0 Å². The molecule has 0 radical (unpaired) electrons. The lowest BCUT2D eigenvalue weighted by molar-refractivity contribution is -0.145. The summed E-state index contributed by atoms with van der Waals surface area (Å²) in [5, 5.41) is 17.9. The van der Waals surface area contributed by atoms with Gasteiger partial charge in [0.2, 0.25) is 0 Å². The van der Waals surface area contributed by atoms with Gasteiger partial charge in [-0.05, 0) is 12.5 Å². The minimum Gasteiger partial charge on any atom is -0.480 e. The van der Waals surface area contributed by atoms with E-state index in [9.17, 15) is 4.79 Å². The fraction of sp³-hybridized carbons (Fsp3) is 0.300. The number of carboxylic acids is 1. The van der Waals surface area contributed by atoms with E-state index in [0.717, 1.165) is 5.56 Å². The third-order valence-electron chi connectivity index (χ3n) is 2.16. The first-order valence-corrected chi connectivity index (χ1v) is 4.21. The van der Waals surface area contributed by atoms with Gasteiger partial charge in [-0.25, -0.2) is 4.79 Å². The Morgan fingerprint density at radius 2 is 2.21 bits per heavy atom. The van der Waals surface area contributed by atoms with Gasteiger partial charge in [-0.2, -0.15) is 0 Å². The SMILES string of the molecule is Cc1cccc([C@@](N)(CO)C(=O)O)c1. The first-order valence-electron chi connectivity index (χ1n) is 4.21. The molecular formula is C10H13NO3. The van der Waals surface area contributed by atoms with Crippen LogP contribution in [0.5, 0.6) is 0 Å². The highest BCUT2D eigenvalue weighted by atomic mass is 16.4. The average Bonchev–Trinajstić information content (AvgIpc) is 2.16. The number of aliphatic carboxylic acids is 1. The van der Waals surface area contributed by atoms with Crippen LogP contribution in [0.4, 0.5) is 0 Å². The lowest BCUT2D eigenvalue weighted by Crippen LogP contribution is -2.48. The highest BCUT2D eigenvalue weighted by molar-refractivity contribution is 5.80. The number of carbonyl (C=O) groups is 1. The van der Waals surface area contributed by atoms with Crippen LogP contribution in [-0.4, -0.2) is 22.8 Å². The van der Waals surface area contributed by atoms with Crippen LogP contribution in [0.25, 0.3) is 0 Å². The molecule has 4 N–H and O–H groups in total. The normalized spacial score (nSPS) is 14.8. The van der Waals surface area contributed by atoms with E-state index in [1.54, 1.807) is 18.2 Å². The van der Waals surface area contributed by atoms with Gasteiger partial charge in [-0.3, -0.25) is 0 Å². The van der Waals surface area contributed by atoms with Gasteiger partial charge in [0.15, 0.2) is 5.54 Å². The summed E-state index contributed by atoms with van der Waals surface area (Å²) in [6.07, 6.45) is 0. The van der Waals surface area contributed by atoms with E-state index in [-0.39, 0.29) is 0 Å². The van der Waals surface area contributed by atoms with Crippen molar-refractivity contribution in [3.8, 4) is 0 Å². The van der Waals surface area contributed by atoms with Gasteiger partial charge in [-0.15, -0.1) is 0 Å². The number of carboxylic acid groups (broad SMARTS) is 1. The van der Waals surface area contributed by atoms with Crippen LogP contribution < -0.4 is 5.73 Å². The minimum atomic E-state index is -1.70. The first-order chi connectivity index (χ1) is 6.50. The topological polar surface area (TPSA) is 83.5 Å². The van der Waals surface area contributed by atoms with E-state index < -0.39 is 18.1 Å². The fourth-order valence-corrected chi connectivity index (χ4v) is 1.20. The summed E-state index contributed by atoms with van der Waals surface area (Å²) in [6.45, 7) is 1.22. The molecule has 1 aromatic carbocycles. The molecule has 0 aliphatic rings. The Morgan fingerprint density at radius 1 is 1.57 bits per heavy atom. The first kappa shape index (κ1) is 10.7. The van der Waals surface area contributed by atoms with Crippen LogP contribution in [0.1, 0.15) is 11.1 Å². The third kappa shape index (κ3) is 1.76. The molecule has 0 spiro atoms. The Bertz CT molecular complexity index is 351. The maximum atomic E-state index is 10.9. The summed E-state index contributed by atoms with van der Waals surface area (Å²) >= 11 is 0. The van der Waals surface area contributed by atoms with Crippen molar-refractivity contribution in [3.05, 3.63) is 35.4 Å². The van der Waals surface area contributed by atoms with Crippen molar-refractivity contribution in [2.75, 3.05) is 6.61 Å². The maximum absolute atomic E-state index is 10.9. The highest BCUT2D eigenvalue weighted by Crippen LogP contribution is 2.19. The van der Waals surface area contributed by atoms with Crippen molar-refractivity contribution in [3.63, 3.8) is 0 Å². The molecule has 0 aromatic heterocycles. The van der Waals surface area contributed by atoms with Gasteiger partial charge in [0.05, 0.1) is 6.61 Å². The molecule has 14 heavy (non-hydrogen) atoms. The second kappa shape index (κ2) is 3.77. The molecule has 0 aliphatic carbocycles. The molecule has 76 valence electrons. The molecule has 0 saturated carbocycles. The van der Waals surface area contributed by atoms with Crippen molar-refractivity contribution in [1.82, 2.24) is 0 Å². The molecule has 1 aromatic rings. The van der Waals surface area contributed by atoms with Gasteiger partial charge in [0.25, 0.3) is 0 Å². The van der Waals surface area contributed by atoms with Crippen molar-refractivity contribution in [2.45, 2.75) is 12.5 Å². The zero-order chi connectivity index (χ0) is 10.8. The lowest BCUT2D eigenvalue weighted by Gasteiger charge is -2.22. The average molecular weight is 195 g/mol. The second-order valence-electron chi connectivity index (χ2n) is 3.30. The summed E-state index contributed by atoms with van der Waals surface area (Å²) in [7, 11) is 0. The monoisotopic (exact) mass is 195 g/mol. The molecule has 0 bridgehead atoms. The van der Waals surface area contributed by atoms with E-state index in [4.69, 9.17) is 15.9 Å². The molecule has 0 heterocycles. The van der Waals surface area contributed by atoms with Gasteiger partial charge < -0.3 is 15.9 Å². The fourth-order valence-electron chi connectivity index (χ4n) is 1.20. The Balaban J connectivity index is 3.19. The van der Waals surface area contributed by atoms with Crippen LogP contribution in [0.15, 0.2) is 24.3 Å². The number of hydrogen-bond acceptors (Lipinski definition) is 3. The molecule has 1 atom stereocenters. The zero-order valence-corrected chi connectivity index (χ0v) is 7.90. The van der Waals surface area contributed by atoms with Gasteiger partial charge in [0, 0.05) is 0 Å². The Hall–Kier alpha value is -1.39. The summed E-state index contributed by atoms with van der Waals surface area (Å²) < 4.78 is 0. The van der Waals surface area contributed by atoms with Crippen LogP contribution in [0, 0.1) is 6.92 Å². The molecule has 0 fully saturated rings. The molecule has 1 rings (SSSR count). The van der Waals surface area contributed by atoms with Crippen molar-refractivity contribution >= 4 is 5.97 Å². The van der Waals surface area contributed by atoms with Gasteiger partial charge in [-0.1, -0.05) is 29.8 Å². The molecule has 0 saturated heterocycles. The molecule has 4 heteroatoms. The van der Waals surface area contributed by atoms with E-state index in [2.05, 4.69) is 0 Å². The quantitative estimate of drug-likeness (QED) is 0.644.